The van der Waals surface area contributed by atoms with Gasteiger partial charge in [-0.2, -0.15) is 0 Å². The number of nitrogens with two attached hydrogens (primary N) is 1. The Balaban J connectivity index is 2.69. The molecule has 1 aromatic rings. The second-order valence-electron chi connectivity index (χ2n) is 4.19. The average Bonchev–Trinajstić information content (AvgIpc) is 2.26. The Bertz CT molecular complexity index is 438. The lowest BCUT2D eigenvalue weighted by Crippen LogP contribution is -2.16. The Labute approximate surface area is 103 Å². The Morgan fingerprint density at radius 1 is 1.29 bits per heavy atom. The molecule has 0 saturated carbocycles. The summed E-state index contributed by atoms with van der Waals surface area (Å²) in [5, 5.41) is 0. The first kappa shape index (κ1) is 14.0. The van der Waals surface area contributed by atoms with E-state index in [1.165, 1.54) is 0 Å². The maximum Gasteiger partial charge on any atom is 0.232 e. The molecule has 0 bridgehead atoms. The van der Waals surface area contributed by atoms with Gasteiger partial charge in [0.15, 0.2) is 0 Å². The van der Waals surface area contributed by atoms with E-state index >= 15 is 0 Å². The minimum absolute atomic E-state index is 0.0410. The SMILES string of the molecule is CCCCS(=O)(=O)Nc1ccc(C(C)N)cc1. The molecule has 1 aromatic carbocycles. The molecular weight excluding hydrogens is 236 g/mol. The fraction of sp³-hybridized carbons (Fsp3) is 0.500. The molecule has 0 fully saturated rings. The van der Waals surface area contributed by atoms with E-state index in [4.69, 9.17) is 5.73 Å². The summed E-state index contributed by atoms with van der Waals surface area (Å²) in [6, 6.07) is 7.11. The molecule has 0 saturated heterocycles. The van der Waals surface area contributed by atoms with Gasteiger partial charge in [-0.25, -0.2) is 8.42 Å². The Morgan fingerprint density at radius 3 is 2.35 bits per heavy atom. The minimum Gasteiger partial charge on any atom is -0.324 e. The number of benzene rings is 1. The van der Waals surface area contributed by atoms with Gasteiger partial charge >= 0.3 is 0 Å². The highest BCUT2D eigenvalue weighted by Crippen LogP contribution is 2.15. The second-order valence-corrected chi connectivity index (χ2v) is 6.03. The van der Waals surface area contributed by atoms with E-state index in [2.05, 4.69) is 4.72 Å². The molecule has 4 nitrogen and oxygen atoms in total. The highest BCUT2D eigenvalue weighted by Gasteiger charge is 2.09. The smallest absolute Gasteiger partial charge is 0.232 e. The molecule has 0 amide bonds. The first-order valence-electron chi connectivity index (χ1n) is 5.80. The van der Waals surface area contributed by atoms with Crippen molar-refractivity contribution in [2.75, 3.05) is 10.5 Å². The average molecular weight is 256 g/mol. The first-order chi connectivity index (χ1) is 7.94. The van der Waals surface area contributed by atoms with Crippen LogP contribution in [0.15, 0.2) is 24.3 Å². The predicted octanol–water partition coefficient (Wildman–Crippen LogP) is 2.25. The number of rotatable bonds is 6. The summed E-state index contributed by atoms with van der Waals surface area (Å²) in [5.74, 6) is 0.165. The van der Waals surface area contributed by atoms with Crippen molar-refractivity contribution < 1.29 is 8.42 Å². The van der Waals surface area contributed by atoms with Crippen molar-refractivity contribution in [3.8, 4) is 0 Å². The van der Waals surface area contributed by atoms with Crippen LogP contribution >= 0.6 is 0 Å². The van der Waals surface area contributed by atoms with Crippen molar-refractivity contribution in [3.63, 3.8) is 0 Å². The van der Waals surface area contributed by atoms with E-state index in [9.17, 15) is 8.42 Å². The van der Waals surface area contributed by atoms with E-state index in [-0.39, 0.29) is 11.8 Å². The summed E-state index contributed by atoms with van der Waals surface area (Å²) in [6.07, 6.45) is 1.54. The van der Waals surface area contributed by atoms with Crippen LogP contribution < -0.4 is 10.5 Å². The zero-order valence-corrected chi connectivity index (χ0v) is 11.1. The van der Waals surface area contributed by atoms with Crippen LogP contribution in [0.3, 0.4) is 0 Å². The van der Waals surface area contributed by atoms with Gasteiger partial charge in [-0.15, -0.1) is 0 Å². The molecule has 5 heteroatoms. The molecule has 1 unspecified atom stereocenters. The molecule has 0 heterocycles. The zero-order valence-electron chi connectivity index (χ0n) is 10.3. The van der Waals surface area contributed by atoms with Crippen molar-refractivity contribution in [3.05, 3.63) is 29.8 Å². The summed E-state index contributed by atoms with van der Waals surface area (Å²) in [6.45, 7) is 3.85. The molecule has 17 heavy (non-hydrogen) atoms. The van der Waals surface area contributed by atoms with Crippen molar-refractivity contribution in [1.29, 1.82) is 0 Å². The highest BCUT2D eigenvalue weighted by atomic mass is 32.2. The van der Waals surface area contributed by atoms with Crippen LogP contribution in [0.1, 0.15) is 38.3 Å². The largest absolute Gasteiger partial charge is 0.324 e. The number of anilines is 1. The van der Waals surface area contributed by atoms with Crippen molar-refractivity contribution in [2.45, 2.75) is 32.7 Å². The van der Waals surface area contributed by atoms with Gasteiger partial charge in [0.05, 0.1) is 5.75 Å². The van der Waals surface area contributed by atoms with E-state index in [0.29, 0.717) is 12.1 Å². The van der Waals surface area contributed by atoms with Gasteiger partial charge in [-0.05, 0) is 31.0 Å². The monoisotopic (exact) mass is 256 g/mol. The van der Waals surface area contributed by atoms with Crippen molar-refractivity contribution >= 4 is 15.7 Å². The summed E-state index contributed by atoms with van der Waals surface area (Å²) in [4.78, 5) is 0. The molecule has 1 atom stereocenters. The van der Waals surface area contributed by atoms with Crippen LogP contribution in [-0.2, 0) is 10.0 Å². The summed E-state index contributed by atoms with van der Waals surface area (Å²) >= 11 is 0. The number of hydrogen-bond acceptors (Lipinski definition) is 3. The molecule has 0 aromatic heterocycles. The summed E-state index contributed by atoms with van der Waals surface area (Å²) in [5.41, 5.74) is 7.29. The third-order valence-corrected chi connectivity index (χ3v) is 3.85. The maximum atomic E-state index is 11.6. The lowest BCUT2D eigenvalue weighted by atomic mass is 10.1. The van der Waals surface area contributed by atoms with Crippen LogP contribution in [0.25, 0.3) is 0 Å². The Kier molecular flexibility index (Phi) is 4.96. The molecule has 0 aliphatic rings. The van der Waals surface area contributed by atoms with Gasteiger partial charge in [0.1, 0.15) is 0 Å². The third kappa shape index (κ3) is 4.75. The molecule has 0 radical (unpaired) electrons. The normalized spacial score (nSPS) is 13.4. The van der Waals surface area contributed by atoms with Crippen molar-refractivity contribution in [1.82, 2.24) is 0 Å². The Hall–Kier alpha value is -1.07. The molecule has 0 spiro atoms. The predicted molar refractivity (Wildman–Crippen MR) is 71.4 cm³/mol. The van der Waals surface area contributed by atoms with Crippen LogP contribution in [0.2, 0.25) is 0 Å². The summed E-state index contributed by atoms with van der Waals surface area (Å²) in [7, 11) is -3.21. The molecular formula is C12H20N2O2S. The van der Waals surface area contributed by atoms with E-state index in [1.54, 1.807) is 12.1 Å². The number of unbranched alkanes of at least 4 members (excludes halogenated alkanes) is 1. The molecule has 0 aliphatic carbocycles. The van der Waals surface area contributed by atoms with Crippen LogP contribution in [-0.4, -0.2) is 14.2 Å². The summed E-state index contributed by atoms with van der Waals surface area (Å²) < 4.78 is 25.8. The second kappa shape index (κ2) is 6.02. The Morgan fingerprint density at radius 2 is 1.88 bits per heavy atom. The van der Waals surface area contributed by atoms with Gasteiger partial charge in [0.25, 0.3) is 0 Å². The standard InChI is InChI=1S/C12H20N2O2S/c1-3-4-9-17(15,16)14-12-7-5-11(6-8-12)10(2)13/h5-8,10,14H,3-4,9,13H2,1-2H3. The minimum atomic E-state index is -3.21. The number of sulfonamides is 1. The molecule has 96 valence electrons. The fourth-order valence-electron chi connectivity index (χ4n) is 1.42. The van der Waals surface area contributed by atoms with E-state index in [1.807, 2.05) is 26.0 Å². The van der Waals surface area contributed by atoms with Gasteiger partial charge in [0, 0.05) is 11.7 Å². The van der Waals surface area contributed by atoms with Crippen molar-refractivity contribution in [2.24, 2.45) is 5.73 Å². The number of hydrogen-bond donors (Lipinski definition) is 2. The van der Waals surface area contributed by atoms with Crippen LogP contribution in [0.4, 0.5) is 5.69 Å². The lowest BCUT2D eigenvalue weighted by Gasteiger charge is -2.09. The first-order valence-corrected chi connectivity index (χ1v) is 7.46. The van der Waals surface area contributed by atoms with E-state index in [0.717, 1.165) is 12.0 Å². The van der Waals surface area contributed by atoms with Crippen LogP contribution in [0, 0.1) is 0 Å². The van der Waals surface area contributed by atoms with Gasteiger partial charge < -0.3 is 5.73 Å². The number of nitrogens with one attached hydrogen (secondary N) is 1. The maximum absolute atomic E-state index is 11.6. The topological polar surface area (TPSA) is 72.2 Å². The van der Waals surface area contributed by atoms with E-state index < -0.39 is 10.0 Å². The zero-order chi connectivity index (χ0) is 12.9. The fourth-order valence-corrected chi connectivity index (χ4v) is 2.69. The molecule has 3 N–H and O–H groups in total. The van der Waals surface area contributed by atoms with Crippen LogP contribution in [0.5, 0.6) is 0 Å². The highest BCUT2D eigenvalue weighted by molar-refractivity contribution is 7.92. The van der Waals surface area contributed by atoms with Gasteiger partial charge in [-0.3, -0.25) is 4.72 Å². The molecule has 1 rings (SSSR count). The lowest BCUT2D eigenvalue weighted by molar-refractivity contribution is 0.598. The van der Waals surface area contributed by atoms with Gasteiger partial charge in [0.2, 0.25) is 10.0 Å². The molecule has 0 aliphatic heterocycles. The quantitative estimate of drug-likeness (QED) is 0.820. The third-order valence-electron chi connectivity index (χ3n) is 2.48. The van der Waals surface area contributed by atoms with Gasteiger partial charge in [-0.1, -0.05) is 25.5 Å².